The molecular weight excluding hydrogens is 340 g/mol. The molecule has 0 saturated carbocycles. The zero-order valence-electron chi connectivity index (χ0n) is 14.7. The molecule has 9 heteroatoms. The van der Waals surface area contributed by atoms with Crippen LogP contribution in [0.15, 0.2) is 6.20 Å². The van der Waals surface area contributed by atoms with Crippen LogP contribution in [-0.2, 0) is 20.9 Å². The largest absolute Gasteiger partial charge is 0.362 e. The number of amides is 3. The molecule has 0 aromatic carbocycles. The van der Waals surface area contributed by atoms with Crippen LogP contribution < -0.4 is 0 Å². The average molecular weight is 360 g/mol. The summed E-state index contributed by atoms with van der Waals surface area (Å²) < 4.78 is 0. The highest BCUT2D eigenvalue weighted by molar-refractivity contribution is 6.44. The van der Waals surface area contributed by atoms with Crippen molar-refractivity contribution in [2.45, 2.75) is 20.4 Å². The minimum Gasteiger partial charge on any atom is -0.362 e. The lowest BCUT2D eigenvalue weighted by Crippen LogP contribution is -2.51. The summed E-state index contributed by atoms with van der Waals surface area (Å²) in [5.41, 5.74) is 0.712. The van der Waals surface area contributed by atoms with Crippen LogP contribution in [0.2, 0.25) is 0 Å². The third kappa shape index (κ3) is 3.12. The van der Waals surface area contributed by atoms with Crippen molar-refractivity contribution in [2.75, 3.05) is 32.7 Å². The Kier molecular flexibility index (Phi) is 4.62. The number of ketones is 2. The normalized spacial score (nSPS) is 17.2. The van der Waals surface area contributed by atoms with E-state index in [1.165, 1.54) is 29.8 Å². The molecule has 0 bridgehead atoms. The average Bonchev–Trinajstić information content (AvgIpc) is 3.05. The highest BCUT2D eigenvalue weighted by atomic mass is 16.2. The number of rotatable bonds is 2. The van der Waals surface area contributed by atoms with E-state index in [0.717, 1.165) is 0 Å². The van der Waals surface area contributed by atoms with Crippen molar-refractivity contribution < 1.29 is 24.0 Å². The summed E-state index contributed by atoms with van der Waals surface area (Å²) in [5.74, 6) is -2.09. The molecule has 2 aliphatic heterocycles. The van der Waals surface area contributed by atoms with E-state index in [0.29, 0.717) is 18.8 Å². The Hall–Kier alpha value is -2.97. The highest BCUT2D eigenvalue weighted by Gasteiger charge is 2.34. The van der Waals surface area contributed by atoms with Gasteiger partial charge in [0.05, 0.1) is 24.2 Å². The fraction of sp³-hybridized carbons (Fsp3) is 0.471. The molecule has 1 N–H and O–H groups in total. The van der Waals surface area contributed by atoms with E-state index in [2.05, 4.69) is 4.98 Å². The maximum Gasteiger partial charge on any atom is 0.295 e. The first-order valence-electron chi connectivity index (χ1n) is 8.37. The SMILES string of the molecule is CC(=O)N1CCN(C(=O)C(=O)c2c[nH]c3c2C(=O)CN(C(C)=O)C3)CC1. The van der Waals surface area contributed by atoms with Gasteiger partial charge in [0.2, 0.25) is 11.8 Å². The third-order valence-corrected chi connectivity index (χ3v) is 4.82. The summed E-state index contributed by atoms with van der Waals surface area (Å²) >= 11 is 0. The summed E-state index contributed by atoms with van der Waals surface area (Å²) in [7, 11) is 0. The van der Waals surface area contributed by atoms with Crippen molar-refractivity contribution in [3.05, 3.63) is 23.0 Å². The monoisotopic (exact) mass is 360 g/mol. The summed E-state index contributed by atoms with van der Waals surface area (Å²) in [6.07, 6.45) is 1.36. The molecule has 138 valence electrons. The van der Waals surface area contributed by atoms with Gasteiger partial charge in [0.1, 0.15) is 0 Å². The van der Waals surface area contributed by atoms with Gasteiger partial charge in [-0.2, -0.15) is 0 Å². The maximum atomic E-state index is 12.6. The van der Waals surface area contributed by atoms with Crippen LogP contribution in [-0.4, -0.2) is 81.7 Å². The van der Waals surface area contributed by atoms with Crippen molar-refractivity contribution in [3.8, 4) is 0 Å². The quantitative estimate of drug-likeness (QED) is 0.561. The second-order valence-electron chi connectivity index (χ2n) is 6.48. The number of nitrogens with one attached hydrogen (secondary N) is 1. The lowest BCUT2D eigenvalue weighted by atomic mass is 9.98. The minimum atomic E-state index is -0.747. The van der Waals surface area contributed by atoms with Gasteiger partial charge in [-0.3, -0.25) is 24.0 Å². The van der Waals surface area contributed by atoms with Crippen molar-refractivity contribution in [1.82, 2.24) is 19.7 Å². The number of carbonyl (C=O) groups is 5. The molecule has 3 rings (SSSR count). The molecule has 0 unspecified atom stereocenters. The van der Waals surface area contributed by atoms with Crippen LogP contribution in [0.3, 0.4) is 0 Å². The predicted molar refractivity (Wildman–Crippen MR) is 89.4 cm³/mol. The Balaban J connectivity index is 1.76. The molecule has 1 aromatic rings. The maximum absolute atomic E-state index is 12.6. The summed E-state index contributed by atoms with van der Waals surface area (Å²) in [4.78, 5) is 67.6. The third-order valence-electron chi connectivity index (χ3n) is 4.82. The summed E-state index contributed by atoms with van der Waals surface area (Å²) in [6, 6.07) is 0. The zero-order valence-corrected chi connectivity index (χ0v) is 14.7. The van der Waals surface area contributed by atoms with Crippen molar-refractivity contribution in [1.29, 1.82) is 0 Å². The fourth-order valence-electron chi connectivity index (χ4n) is 3.29. The molecule has 26 heavy (non-hydrogen) atoms. The Morgan fingerprint density at radius 3 is 2.04 bits per heavy atom. The molecule has 0 aliphatic carbocycles. The van der Waals surface area contributed by atoms with Crippen LogP contribution in [0, 0.1) is 0 Å². The van der Waals surface area contributed by atoms with Gasteiger partial charge in [-0.15, -0.1) is 0 Å². The molecule has 0 spiro atoms. The van der Waals surface area contributed by atoms with Crippen LogP contribution >= 0.6 is 0 Å². The number of Topliss-reactive ketones (excluding diaryl/α,β-unsaturated/α-hetero) is 2. The van der Waals surface area contributed by atoms with Gasteiger partial charge in [0, 0.05) is 51.9 Å². The smallest absolute Gasteiger partial charge is 0.295 e. The molecule has 1 aromatic heterocycles. The number of fused-ring (bicyclic) bond motifs is 1. The highest BCUT2D eigenvalue weighted by Crippen LogP contribution is 2.23. The Morgan fingerprint density at radius 2 is 1.46 bits per heavy atom. The Bertz CT molecular complexity index is 804. The van der Waals surface area contributed by atoms with Crippen LogP contribution in [0.4, 0.5) is 0 Å². The van der Waals surface area contributed by atoms with E-state index >= 15 is 0 Å². The number of hydrogen-bond donors (Lipinski definition) is 1. The van der Waals surface area contributed by atoms with Gasteiger partial charge >= 0.3 is 0 Å². The van der Waals surface area contributed by atoms with Crippen LogP contribution in [0.5, 0.6) is 0 Å². The van der Waals surface area contributed by atoms with Gasteiger partial charge in [0.15, 0.2) is 5.78 Å². The lowest BCUT2D eigenvalue weighted by Gasteiger charge is -2.33. The molecule has 2 aliphatic rings. The molecule has 0 atom stereocenters. The van der Waals surface area contributed by atoms with Crippen molar-refractivity contribution in [3.63, 3.8) is 0 Å². The Morgan fingerprint density at radius 1 is 0.885 bits per heavy atom. The van der Waals surface area contributed by atoms with Crippen molar-refractivity contribution >= 4 is 29.3 Å². The number of aromatic nitrogens is 1. The number of carbonyl (C=O) groups excluding carboxylic acids is 5. The molecule has 0 radical (unpaired) electrons. The van der Waals surface area contributed by atoms with Crippen LogP contribution in [0.1, 0.15) is 40.3 Å². The second kappa shape index (κ2) is 6.74. The van der Waals surface area contributed by atoms with E-state index in [9.17, 15) is 24.0 Å². The lowest BCUT2D eigenvalue weighted by molar-refractivity contribution is -0.135. The van der Waals surface area contributed by atoms with E-state index in [1.807, 2.05) is 0 Å². The Labute approximate surface area is 149 Å². The molecule has 9 nitrogen and oxygen atoms in total. The standard InChI is InChI=1S/C17H20N4O5/c1-10(22)19-3-5-20(6-4-19)17(26)16(25)12-7-18-13-8-21(11(2)23)9-14(24)15(12)13/h7,18H,3-6,8-9H2,1-2H3. The van der Waals surface area contributed by atoms with Gasteiger partial charge in [-0.1, -0.05) is 0 Å². The predicted octanol–water partition coefficient (Wildman–Crippen LogP) is -0.567. The van der Waals surface area contributed by atoms with Crippen LogP contribution in [0.25, 0.3) is 0 Å². The first-order chi connectivity index (χ1) is 12.3. The first kappa shape index (κ1) is 17.8. The topological polar surface area (TPSA) is 111 Å². The van der Waals surface area contributed by atoms with Gasteiger partial charge in [-0.25, -0.2) is 0 Å². The molecule has 1 saturated heterocycles. The first-order valence-corrected chi connectivity index (χ1v) is 8.37. The number of aromatic amines is 1. The number of nitrogens with zero attached hydrogens (tertiary/aromatic N) is 3. The summed E-state index contributed by atoms with van der Waals surface area (Å²) in [5, 5.41) is 0. The number of H-pyrrole nitrogens is 1. The van der Waals surface area contributed by atoms with E-state index < -0.39 is 11.7 Å². The molecular formula is C17H20N4O5. The van der Waals surface area contributed by atoms with Gasteiger partial charge < -0.3 is 19.7 Å². The fourth-order valence-corrected chi connectivity index (χ4v) is 3.29. The zero-order chi connectivity index (χ0) is 19.0. The minimum absolute atomic E-state index is 0.0483. The van der Waals surface area contributed by atoms with E-state index in [1.54, 1.807) is 4.90 Å². The van der Waals surface area contributed by atoms with Gasteiger partial charge in [-0.05, 0) is 0 Å². The molecule has 1 fully saturated rings. The second-order valence-corrected chi connectivity index (χ2v) is 6.48. The van der Waals surface area contributed by atoms with Gasteiger partial charge in [0.25, 0.3) is 11.7 Å². The van der Waals surface area contributed by atoms with Crippen molar-refractivity contribution in [2.24, 2.45) is 0 Å². The van der Waals surface area contributed by atoms with E-state index in [4.69, 9.17) is 0 Å². The number of hydrogen-bond acceptors (Lipinski definition) is 5. The summed E-state index contributed by atoms with van der Waals surface area (Å²) in [6.45, 7) is 4.26. The molecule has 3 heterocycles. The van der Waals surface area contributed by atoms with E-state index in [-0.39, 0.29) is 54.9 Å². The number of piperazine rings is 1. The molecule has 3 amide bonds.